The Bertz CT molecular complexity index is 758. The van der Waals surface area contributed by atoms with Crippen LogP contribution >= 0.6 is 0 Å². The Morgan fingerprint density at radius 1 is 0.700 bits per heavy atom. The van der Waals surface area contributed by atoms with Gasteiger partial charge in [0.25, 0.3) is 0 Å². The molecule has 0 saturated carbocycles. The topological polar surface area (TPSA) is 76.7 Å². The third kappa shape index (κ3) is 8.65. The fourth-order valence-corrected chi connectivity index (χ4v) is 2.53. The Morgan fingerprint density at radius 3 is 1.40 bits per heavy atom. The van der Waals surface area contributed by atoms with Crippen molar-refractivity contribution in [2.75, 3.05) is 13.1 Å². The molecule has 2 amide bonds. The fourth-order valence-electron chi connectivity index (χ4n) is 2.53. The quantitative estimate of drug-likeness (QED) is 0.518. The first kappa shape index (κ1) is 22.7. The lowest BCUT2D eigenvalue weighted by Gasteiger charge is -2.09. The zero-order chi connectivity index (χ0) is 21.6. The van der Waals surface area contributed by atoms with Gasteiger partial charge in [0, 0.05) is 13.1 Å². The zero-order valence-corrected chi connectivity index (χ0v) is 17.1. The van der Waals surface area contributed by atoms with E-state index in [2.05, 4.69) is 23.8 Å². The smallest absolute Gasteiger partial charge is 0.407 e. The van der Waals surface area contributed by atoms with Crippen molar-refractivity contribution in [1.82, 2.24) is 10.6 Å². The van der Waals surface area contributed by atoms with Gasteiger partial charge in [0.2, 0.25) is 0 Å². The summed E-state index contributed by atoms with van der Waals surface area (Å²) in [5.74, 6) is 0. The maximum atomic E-state index is 11.7. The van der Waals surface area contributed by atoms with Crippen molar-refractivity contribution in [1.29, 1.82) is 0 Å². The summed E-state index contributed by atoms with van der Waals surface area (Å²) in [5, 5.41) is 5.38. The molecule has 0 aliphatic rings. The monoisotopic (exact) mass is 408 g/mol. The van der Waals surface area contributed by atoms with Crippen molar-refractivity contribution < 1.29 is 19.1 Å². The minimum Gasteiger partial charge on any atom is -0.445 e. The number of carbonyl (C=O) groups is 2. The lowest BCUT2D eigenvalue weighted by Crippen LogP contribution is -2.28. The second kappa shape index (κ2) is 12.8. The van der Waals surface area contributed by atoms with Crippen molar-refractivity contribution in [2.45, 2.75) is 26.1 Å². The van der Waals surface area contributed by atoms with E-state index in [1.807, 2.05) is 48.5 Å². The summed E-state index contributed by atoms with van der Waals surface area (Å²) >= 11 is 0. The Morgan fingerprint density at radius 2 is 1.07 bits per heavy atom. The van der Waals surface area contributed by atoms with Gasteiger partial charge >= 0.3 is 12.2 Å². The molecule has 0 fully saturated rings. The molecule has 0 aromatic heterocycles. The second-order valence-electron chi connectivity index (χ2n) is 6.60. The van der Waals surface area contributed by atoms with Crippen LogP contribution in [0.5, 0.6) is 0 Å². The number of nitrogens with one attached hydrogen (secondary N) is 2. The van der Waals surface area contributed by atoms with Crippen molar-refractivity contribution in [3.8, 4) is 0 Å². The number of hydrogen-bond donors (Lipinski definition) is 2. The molecule has 0 bridgehead atoms. The van der Waals surface area contributed by atoms with Crippen LogP contribution in [0.4, 0.5) is 9.59 Å². The van der Waals surface area contributed by atoms with Crippen LogP contribution < -0.4 is 10.6 Å². The van der Waals surface area contributed by atoms with Crippen molar-refractivity contribution >= 4 is 24.3 Å². The van der Waals surface area contributed by atoms with Crippen molar-refractivity contribution in [3.63, 3.8) is 0 Å². The molecule has 0 aliphatic heterocycles. The van der Waals surface area contributed by atoms with E-state index in [0.29, 0.717) is 25.9 Å². The molecular weight excluding hydrogens is 380 g/mol. The normalized spacial score (nSPS) is 10.0. The molecule has 2 aromatic rings. The molecule has 0 saturated heterocycles. The summed E-state index contributed by atoms with van der Waals surface area (Å²) in [5.41, 5.74) is 3.86. The van der Waals surface area contributed by atoms with Crippen molar-refractivity contribution in [3.05, 3.63) is 83.9 Å². The standard InChI is InChI=1S/C24H28N2O4/c1-3-19-7-11-21(12-8-19)17-29-23(27)25-15-5-6-16-26-24(28)30-18-22-13-9-20(4-2)10-14-22/h3-4,7-14H,1-2,5-6,15-18H2,(H,25,27)(H,26,28). The van der Waals surface area contributed by atoms with Crippen LogP contribution in [0.1, 0.15) is 35.1 Å². The van der Waals surface area contributed by atoms with E-state index in [9.17, 15) is 9.59 Å². The molecule has 0 heterocycles. The summed E-state index contributed by atoms with van der Waals surface area (Å²) in [6.45, 7) is 8.77. The summed E-state index contributed by atoms with van der Waals surface area (Å²) in [6.07, 6.45) is 4.02. The van der Waals surface area contributed by atoms with E-state index in [0.717, 1.165) is 22.3 Å². The molecule has 2 aromatic carbocycles. The average Bonchev–Trinajstić information content (AvgIpc) is 2.79. The Kier molecular flexibility index (Phi) is 9.73. The molecular formula is C24H28N2O4. The van der Waals surface area contributed by atoms with E-state index in [-0.39, 0.29) is 13.2 Å². The summed E-state index contributed by atoms with van der Waals surface area (Å²) in [4.78, 5) is 23.4. The number of amides is 2. The van der Waals surface area contributed by atoms with Gasteiger partial charge in [-0.2, -0.15) is 0 Å². The minimum absolute atomic E-state index is 0.215. The van der Waals surface area contributed by atoms with Gasteiger partial charge in [-0.15, -0.1) is 0 Å². The van der Waals surface area contributed by atoms with Crippen LogP contribution in [-0.4, -0.2) is 25.3 Å². The third-order valence-corrected chi connectivity index (χ3v) is 4.31. The molecule has 2 rings (SSSR count). The van der Waals surface area contributed by atoms with Gasteiger partial charge < -0.3 is 20.1 Å². The lowest BCUT2D eigenvalue weighted by molar-refractivity contribution is 0.137. The molecule has 6 heteroatoms. The molecule has 0 unspecified atom stereocenters. The number of hydrogen-bond acceptors (Lipinski definition) is 4. The van der Waals surface area contributed by atoms with Gasteiger partial charge in [-0.1, -0.05) is 73.8 Å². The van der Waals surface area contributed by atoms with Gasteiger partial charge in [0.1, 0.15) is 13.2 Å². The van der Waals surface area contributed by atoms with Gasteiger partial charge in [-0.3, -0.25) is 0 Å². The number of carbonyl (C=O) groups excluding carboxylic acids is 2. The zero-order valence-electron chi connectivity index (χ0n) is 17.1. The van der Waals surface area contributed by atoms with Crippen LogP contribution in [-0.2, 0) is 22.7 Å². The predicted molar refractivity (Wildman–Crippen MR) is 119 cm³/mol. The largest absolute Gasteiger partial charge is 0.445 e. The highest BCUT2D eigenvalue weighted by Crippen LogP contribution is 2.07. The highest BCUT2D eigenvalue weighted by atomic mass is 16.6. The van der Waals surface area contributed by atoms with E-state index < -0.39 is 12.2 Å². The molecule has 2 N–H and O–H groups in total. The molecule has 158 valence electrons. The molecule has 0 spiro atoms. The van der Waals surface area contributed by atoms with Gasteiger partial charge in [-0.25, -0.2) is 9.59 Å². The number of rotatable bonds is 11. The summed E-state index contributed by atoms with van der Waals surface area (Å²) < 4.78 is 10.3. The van der Waals surface area contributed by atoms with Crippen LogP contribution in [0, 0.1) is 0 Å². The second-order valence-corrected chi connectivity index (χ2v) is 6.60. The van der Waals surface area contributed by atoms with Crippen LogP contribution in [0.25, 0.3) is 12.2 Å². The van der Waals surface area contributed by atoms with Gasteiger partial charge in [0.15, 0.2) is 0 Å². The van der Waals surface area contributed by atoms with Crippen LogP contribution in [0.2, 0.25) is 0 Å². The molecule has 30 heavy (non-hydrogen) atoms. The highest BCUT2D eigenvalue weighted by molar-refractivity contribution is 5.67. The Hall–Kier alpha value is -3.54. The number of ether oxygens (including phenoxy) is 2. The third-order valence-electron chi connectivity index (χ3n) is 4.31. The first-order valence-corrected chi connectivity index (χ1v) is 9.84. The Labute approximate surface area is 177 Å². The number of unbranched alkanes of at least 4 members (excludes halogenated alkanes) is 1. The van der Waals surface area contributed by atoms with E-state index in [1.54, 1.807) is 12.2 Å². The van der Waals surface area contributed by atoms with E-state index >= 15 is 0 Å². The maximum Gasteiger partial charge on any atom is 0.407 e. The van der Waals surface area contributed by atoms with Crippen molar-refractivity contribution in [2.24, 2.45) is 0 Å². The summed E-state index contributed by atoms with van der Waals surface area (Å²) in [6, 6.07) is 15.2. The predicted octanol–water partition coefficient (Wildman–Crippen LogP) is 4.91. The summed E-state index contributed by atoms with van der Waals surface area (Å²) in [7, 11) is 0. The fraction of sp³-hybridized carbons (Fsp3) is 0.250. The Balaban J connectivity index is 1.49. The lowest BCUT2D eigenvalue weighted by atomic mass is 10.1. The van der Waals surface area contributed by atoms with Crippen LogP contribution in [0.3, 0.4) is 0 Å². The number of alkyl carbamates (subject to hydrolysis) is 2. The first-order chi connectivity index (χ1) is 14.6. The maximum absolute atomic E-state index is 11.7. The highest BCUT2D eigenvalue weighted by Gasteiger charge is 2.04. The van der Waals surface area contributed by atoms with Gasteiger partial charge in [-0.05, 0) is 35.1 Å². The first-order valence-electron chi connectivity index (χ1n) is 9.84. The molecule has 0 atom stereocenters. The molecule has 0 aliphatic carbocycles. The average molecular weight is 408 g/mol. The minimum atomic E-state index is -0.461. The van der Waals surface area contributed by atoms with E-state index in [1.165, 1.54) is 0 Å². The van der Waals surface area contributed by atoms with E-state index in [4.69, 9.17) is 9.47 Å². The SMILES string of the molecule is C=Cc1ccc(COC(=O)NCCCCNC(=O)OCc2ccc(C=C)cc2)cc1. The van der Waals surface area contributed by atoms with Gasteiger partial charge in [0.05, 0.1) is 0 Å². The molecule has 6 nitrogen and oxygen atoms in total. The van der Waals surface area contributed by atoms with Crippen LogP contribution in [0.15, 0.2) is 61.7 Å². The number of benzene rings is 2. The molecule has 0 radical (unpaired) electrons.